The van der Waals surface area contributed by atoms with Gasteiger partial charge in [-0.3, -0.25) is 0 Å². The van der Waals surface area contributed by atoms with Gasteiger partial charge >= 0.3 is 92.2 Å². The maximum atomic E-state index is 4.86. The van der Waals surface area contributed by atoms with Crippen LogP contribution in [-0.2, 0) is 20.6 Å². The molecule has 14 heavy (non-hydrogen) atoms. The maximum absolute atomic E-state index is 4.86. The first-order valence-electron chi connectivity index (χ1n) is 4.14. The SMILES string of the molecule is CO[C](=[Cr])C#C/C=C/c1ccccc1. The molecule has 0 N–H and O–H groups in total. The van der Waals surface area contributed by atoms with Gasteiger partial charge in [0.2, 0.25) is 0 Å². The van der Waals surface area contributed by atoms with E-state index in [9.17, 15) is 0 Å². The fourth-order valence-electron chi connectivity index (χ4n) is 0.854. The number of rotatable bonds is 2. The molecule has 0 heterocycles. The van der Waals surface area contributed by atoms with Gasteiger partial charge in [0.05, 0.1) is 0 Å². The van der Waals surface area contributed by atoms with Crippen LogP contribution >= 0.6 is 0 Å². The second-order valence-corrected chi connectivity index (χ2v) is 3.08. The molecular formula is C12H10CrO. The van der Waals surface area contributed by atoms with Gasteiger partial charge in [-0.05, 0) is 0 Å². The Morgan fingerprint density at radius 2 is 2.07 bits per heavy atom. The molecule has 0 aliphatic rings. The third-order valence-electron chi connectivity index (χ3n) is 1.52. The Kier molecular flexibility index (Phi) is 4.97. The molecule has 0 bridgehead atoms. The van der Waals surface area contributed by atoms with Gasteiger partial charge < -0.3 is 0 Å². The Morgan fingerprint density at radius 1 is 1.36 bits per heavy atom. The van der Waals surface area contributed by atoms with Crippen molar-refractivity contribution in [2.24, 2.45) is 0 Å². The summed E-state index contributed by atoms with van der Waals surface area (Å²) in [5.41, 5.74) is 1.14. The molecule has 1 aromatic carbocycles. The van der Waals surface area contributed by atoms with Gasteiger partial charge in [-0.1, -0.05) is 0 Å². The number of hydrogen-bond donors (Lipinski definition) is 0. The molecule has 0 saturated heterocycles. The molecular weight excluding hydrogens is 212 g/mol. The van der Waals surface area contributed by atoms with Crippen LogP contribution in [0.4, 0.5) is 0 Å². The molecule has 0 radical (unpaired) electrons. The van der Waals surface area contributed by atoms with Crippen molar-refractivity contribution in [3.8, 4) is 11.8 Å². The van der Waals surface area contributed by atoms with E-state index in [0.29, 0.717) is 4.57 Å². The van der Waals surface area contributed by atoms with Crippen molar-refractivity contribution < 1.29 is 20.6 Å². The topological polar surface area (TPSA) is 9.23 Å². The minimum atomic E-state index is 0.600. The molecule has 1 nitrogen and oxygen atoms in total. The van der Waals surface area contributed by atoms with Crippen LogP contribution in [0.5, 0.6) is 0 Å². The second kappa shape index (κ2) is 6.35. The van der Waals surface area contributed by atoms with Gasteiger partial charge in [-0.25, -0.2) is 0 Å². The van der Waals surface area contributed by atoms with Crippen LogP contribution in [0.25, 0.3) is 6.08 Å². The van der Waals surface area contributed by atoms with Crippen molar-refractivity contribution in [1.29, 1.82) is 0 Å². The number of allylic oxidation sites excluding steroid dienone is 1. The molecule has 0 atom stereocenters. The van der Waals surface area contributed by atoms with Crippen molar-refractivity contribution in [3.63, 3.8) is 0 Å². The molecule has 70 valence electrons. The first-order valence-corrected chi connectivity index (χ1v) is 4.78. The number of hydrogen-bond acceptors (Lipinski definition) is 1. The molecule has 2 heteroatoms. The fraction of sp³-hybridized carbons (Fsp3) is 0.0833. The van der Waals surface area contributed by atoms with Crippen LogP contribution in [-0.4, -0.2) is 11.7 Å². The summed E-state index contributed by atoms with van der Waals surface area (Å²) in [5, 5.41) is 0. The van der Waals surface area contributed by atoms with E-state index in [2.05, 4.69) is 27.7 Å². The van der Waals surface area contributed by atoms with Gasteiger partial charge in [0, 0.05) is 0 Å². The van der Waals surface area contributed by atoms with E-state index in [4.69, 9.17) is 4.74 Å². The summed E-state index contributed by atoms with van der Waals surface area (Å²) < 4.78 is 5.46. The summed E-state index contributed by atoms with van der Waals surface area (Å²) in [6.45, 7) is 0. The van der Waals surface area contributed by atoms with Crippen LogP contribution in [0.2, 0.25) is 0 Å². The number of methoxy groups -OCH3 is 1. The summed E-state index contributed by atoms with van der Waals surface area (Å²) in [6.07, 6.45) is 3.75. The van der Waals surface area contributed by atoms with Crippen LogP contribution < -0.4 is 0 Å². The molecule has 1 rings (SSSR count). The van der Waals surface area contributed by atoms with Crippen LogP contribution in [0, 0.1) is 11.8 Å². The standard InChI is InChI=1S/C12H10O.Cr/c1-13-11-7-3-6-10-12-8-4-2-5-9-12;/h2,4-6,8-10H,1H3;/b10-6+;. The molecule has 0 saturated carbocycles. The Bertz CT molecular complexity index is 382. The first kappa shape index (κ1) is 11.0. The van der Waals surface area contributed by atoms with E-state index in [-0.39, 0.29) is 0 Å². The zero-order valence-corrected chi connectivity index (χ0v) is 9.13. The van der Waals surface area contributed by atoms with Crippen molar-refractivity contribution in [2.75, 3.05) is 7.11 Å². The number of benzene rings is 1. The predicted molar refractivity (Wildman–Crippen MR) is 55.3 cm³/mol. The normalized spacial score (nSPS) is 9.50. The fourth-order valence-corrected chi connectivity index (χ4v) is 0.946. The summed E-state index contributed by atoms with van der Waals surface area (Å²) >= 11 is 2.71. The third-order valence-corrected chi connectivity index (χ3v) is 1.94. The third kappa shape index (κ3) is 4.21. The van der Waals surface area contributed by atoms with Crippen LogP contribution in [0.15, 0.2) is 36.4 Å². The second-order valence-electron chi connectivity index (χ2n) is 2.50. The zero-order valence-electron chi connectivity index (χ0n) is 7.86. The summed E-state index contributed by atoms with van der Waals surface area (Å²) in [7, 11) is 1.58. The van der Waals surface area contributed by atoms with Crippen LogP contribution in [0.1, 0.15) is 5.56 Å². The van der Waals surface area contributed by atoms with Gasteiger partial charge in [-0.15, -0.1) is 0 Å². The Morgan fingerprint density at radius 3 is 2.71 bits per heavy atom. The molecule has 0 spiro atoms. The molecule has 0 unspecified atom stereocenters. The summed E-state index contributed by atoms with van der Waals surface area (Å²) in [4.78, 5) is 0. The summed E-state index contributed by atoms with van der Waals surface area (Å²) in [6, 6.07) is 10.0. The zero-order chi connectivity index (χ0) is 10.2. The van der Waals surface area contributed by atoms with E-state index in [1.807, 2.05) is 36.4 Å². The number of ether oxygens (including phenoxy) is 1. The van der Waals surface area contributed by atoms with E-state index in [1.54, 1.807) is 13.2 Å². The van der Waals surface area contributed by atoms with Crippen molar-refractivity contribution in [3.05, 3.63) is 42.0 Å². The van der Waals surface area contributed by atoms with Gasteiger partial charge in [-0.2, -0.15) is 0 Å². The van der Waals surface area contributed by atoms with E-state index >= 15 is 0 Å². The predicted octanol–water partition coefficient (Wildman–Crippen LogP) is 2.03. The molecule has 0 aliphatic heterocycles. The average molecular weight is 222 g/mol. The van der Waals surface area contributed by atoms with Crippen molar-refractivity contribution >= 4 is 10.6 Å². The molecule has 0 aromatic heterocycles. The minimum absolute atomic E-state index is 0.600. The van der Waals surface area contributed by atoms with Crippen molar-refractivity contribution in [1.82, 2.24) is 0 Å². The molecule has 0 aliphatic carbocycles. The molecule has 0 fully saturated rings. The van der Waals surface area contributed by atoms with Gasteiger partial charge in [0.1, 0.15) is 0 Å². The van der Waals surface area contributed by atoms with Crippen LogP contribution in [0.3, 0.4) is 0 Å². The Hall–Kier alpha value is -1.12. The van der Waals surface area contributed by atoms with Gasteiger partial charge in [0.15, 0.2) is 0 Å². The average Bonchev–Trinajstić information content (AvgIpc) is 2.25. The molecule has 1 aromatic rings. The molecule has 0 amide bonds. The first-order chi connectivity index (χ1) is 6.83. The van der Waals surface area contributed by atoms with E-state index in [0.717, 1.165) is 5.56 Å². The van der Waals surface area contributed by atoms with E-state index < -0.39 is 0 Å². The quantitative estimate of drug-likeness (QED) is 0.696. The van der Waals surface area contributed by atoms with Gasteiger partial charge in [0.25, 0.3) is 0 Å². The Labute approximate surface area is 92.4 Å². The Balaban J connectivity index is 2.56. The monoisotopic (exact) mass is 222 g/mol. The van der Waals surface area contributed by atoms with E-state index in [1.165, 1.54) is 0 Å². The van der Waals surface area contributed by atoms with Crippen molar-refractivity contribution in [2.45, 2.75) is 0 Å². The summed E-state index contributed by atoms with van der Waals surface area (Å²) in [5.74, 6) is 5.67.